The quantitative estimate of drug-likeness (QED) is 0.340. The zero-order chi connectivity index (χ0) is 27.9. The van der Waals surface area contributed by atoms with Crippen LogP contribution in [0.3, 0.4) is 0 Å². The number of nitrogens with zero attached hydrogens (tertiary/aromatic N) is 5. The Morgan fingerprint density at radius 1 is 0.975 bits per heavy atom. The number of hydrogen-bond donors (Lipinski definition) is 1. The van der Waals surface area contributed by atoms with Crippen molar-refractivity contribution in [1.82, 2.24) is 25.2 Å². The van der Waals surface area contributed by atoms with Gasteiger partial charge < -0.3 is 19.7 Å². The van der Waals surface area contributed by atoms with Gasteiger partial charge in [0.15, 0.2) is 0 Å². The molecule has 11 heteroatoms. The number of rotatable bonds is 9. The molecule has 1 N–H and O–H groups in total. The molecule has 9 nitrogen and oxygen atoms in total. The number of piperidine rings is 1. The van der Waals surface area contributed by atoms with Gasteiger partial charge in [-0.1, -0.05) is 23.2 Å². The Morgan fingerprint density at radius 3 is 2.40 bits per heavy atom. The molecule has 0 aliphatic carbocycles. The van der Waals surface area contributed by atoms with Crippen LogP contribution in [0.25, 0.3) is 11.3 Å². The third-order valence-electron chi connectivity index (χ3n) is 7.16. The van der Waals surface area contributed by atoms with Gasteiger partial charge in [0.2, 0.25) is 11.8 Å². The number of halogens is 2. The summed E-state index contributed by atoms with van der Waals surface area (Å²) < 4.78 is 11.2. The number of esters is 1. The van der Waals surface area contributed by atoms with Crippen LogP contribution >= 0.6 is 23.2 Å². The maximum atomic E-state index is 11.9. The topological polar surface area (TPSA) is 92.7 Å². The second-order valence-electron chi connectivity index (χ2n) is 10.1. The molecule has 0 bridgehead atoms. The van der Waals surface area contributed by atoms with Crippen LogP contribution in [0.15, 0.2) is 42.7 Å². The van der Waals surface area contributed by atoms with Crippen LogP contribution in [-0.2, 0) is 16.1 Å². The molecular weight excluding hydrogens is 551 g/mol. The first-order valence-electron chi connectivity index (χ1n) is 13.8. The Labute approximate surface area is 244 Å². The number of ether oxygens (including phenoxy) is 2. The van der Waals surface area contributed by atoms with Gasteiger partial charge in [0.1, 0.15) is 5.82 Å². The Morgan fingerprint density at radius 2 is 1.73 bits per heavy atom. The lowest BCUT2D eigenvalue weighted by atomic mass is 9.93. The summed E-state index contributed by atoms with van der Waals surface area (Å²) in [6.07, 6.45) is 5.78. The molecule has 40 heavy (non-hydrogen) atoms. The van der Waals surface area contributed by atoms with E-state index in [1.54, 1.807) is 18.5 Å². The number of carbonyl (C=O) groups is 1. The van der Waals surface area contributed by atoms with E-state index in [1.807, 2.05) is 31.2 Å². The van der Waals surface area contributed by atoms with E-state index < -0.39 is 0 Å². The molecule has 2 aromatic heterocycles. The van der Waals surface area contributed by atoms with Crippen molar-refractivity contribution in [1.29, 1.82) is 0 Å². The number of piperazine rings is 1. The Bertz CT molecular complexity index is 1280. The van der Waals surface area contributed by atoms with E-state index in [0.29, 0.717) is 46.4 Å². The molecule has 0 atom stereocenters. The maximum Gasteiger partial charge on any atom is 0.306 e. The van der Waals surface area contributed by atoms with Gasteiger partial charge in [0, 0.05) is 60.8 Å². The molecule has 2 fully saturated rings. The molecule has 212 valence electrons. The van der Waals surface area contributed by atoms with Crippen molar-refractivity contribution >= 4 is 35.0 Å². The molecular formula is C29H34Cl2N6O3. The molecule has 2 aliphatic heterocycles. The summed E-state index contributed by atoms with van der Waals surface area (Å²) >= 11 is 12.6. The monoisotopic (exact) mass is 584 g/mol. The number of nitrogens with one attached hydrogen (secondary N) is 1. The Hall–Kier alpha value is -2.98. The molecule has 3 aromatic rings. The first-order valence-corrected chi connectivity index (χ1v) is 14.5. The number of benzene rings is 1. The fourth-order valence-corrected chi connectivity index (χ4v) is 5.67. The van der Waals surface area contributed by atoms with E-state index in [4.69, 9.17) is 37.7 Å². The van der Waals surface area contributed by atoms with Crippen molar-refractivity contribution in [2.24, 2.45) is 5.92 Å². The van der Waals surface area contributed by atoms with Gasteiger partial charge in [0.05, 0.1) is 24.7 Å². The molecule has 2 saturated heterocycles. The van der Waals surface area contributed by atoms with Crippen molar-refractivity contribution in [3.63, 3.8) is 0 Å². The highest BCUT2D eigenvalue weighted by atomic mass is 35.5. The van der Waals surface area contributed by atoms with Crippen LogP contribution in [0.2, 0.25) is 10.0 Å². The average molecular weight is 586 g/mol. The molecule has 0 radical (unpaired) electrons. The van der Waals surface area contributed by atoms with E-state index in [9.17, 15) is 4.79 Å². The van der Waals surface area contributed by atoms with Gasteiger partial charge in [-0.25, -0.2) is 15.0 Å². The molecule has 0 amide bonds. The van der Waals surface area contributed by atoms with Crippen LogP contribution in [0.5, 0.6) is 11.8 Å². The lowest BCUT2D eigenvalue weighted by molar-refractivity contribution is -0.144. The first kappa shape index (κ1) is 28.5. The van der Waals surface area contributed by atoms with Gasteiger partial charge in [-0.15, -0.1) is 0 Å². The average Bonchev–Trinajstić information content (AvgIpc) is 2.94. The summed E-state index contributed by atoms with van der Waals surface area (Å²) in [4.78, 5) is 30.3. The highest BCUT2D eigenvalue weighted by molar-refractivity contribution is 6.35. The van der Waals surface area contributed by atoms with E-state index in [2.05, 4.69) is 25.1 Å². The lowest BCUT2D eigenvalue weighted by Gasteiger charge is -2.31. The second kappa shape index (κ2) is 13.6. The first-order chi connectivity index (χ1) is 19.4. The SMILES string of the molecule is CCOC(=O)CC1CCN(Cc2cc(Oc3cnc(N4CCNCC4)cn3)nc(-c3cc(Cl)cc(Cl)c3)c2)CC1. The third kappa shape index (κ3) is 7.81. The standard InChI is InChI=1S/C29H34Cl2N6O3/c1-2-39-29(38)13-20-3-7-36(8-4-20)19-21-11-25(22-14-23(30)16-24(31)15-22)35-27(12-21)40-28-18-33-26(17-34-28)37-9-5-32-6-10-37/h11-12,14-18,20,32H,2-10,13,19H2,1H3. The minimum absolute atomic E-state index is 0.106. The van der Waals surface area contributed by atoms with Gasteiger partial charge in [0.25, 0.3) is 0 Å². The highest BCUT2D eigenvalue weighted by Crippen LogP contribution is 2.31. The van der Waals surface area contributed by atoms with Gasteiger partial charge in [-0.05, 0) is 68.6 Å². The fourth-order valence-electron chi connectivity index (χ4n) is 5.14. The fraction of sp³-hybridized carbons (Fsp3) is 0.448. The normalized spacial score (nSPS) is 16.6. The number of hydrogen-bond acceptors (Lipinski definition) is 9. The summed E-state index contributed by atoms with van der Waals surface area (Å²) in [5.41, 5.74) is 2.56. The number of likely N-dealkylation sites (tertiary alicyclic amines) is 1. The van der Waals surface area contributed by atoms with Gasteiger partial charge in [-0.3, -0.25) is 9.69 Å². The Kier molecular flexibility index (Phi) is 9.70. The highest BCUT2D eigenvalue weighted by Gasteiger charge is 2.23. The minimum Gasteiger partial charge on any atom is -0.466 e. The van der Waals surface area contributed by atoms with Crippen LogP contribution in [-0.4, -0.2) is 71.7 Å². The smallest absolute Gasteiger partial charge is 0.306 e. The lowest BCUT2D eigenvalue weighted by Crippen LogP contribution is -2.43. The molecule has 0 unspecified atom stereocenters. The predicted molar refractivity (Wildman–Crippen MR) is 156 cm³/mol. The van der Waals surface area contributed by atoms with Crippen LogP contribution in [0, 0.1) is 5.92 Å². The van der Waals surface area contributed by atoms with Crippen molar-refractivity contribution in [2.45, 2.75) is 32.7 Å². The van der Waals surface area contributed by atoms with Gasteiger partial charge >= 0.3 is 5.97 Å². The van der Waals surface area contributed by atoms with E-state index in [1.165, 1.54) is 0 Å². The zero-order valence-corrected chi connectivity index (χ0v) is 24.1. The van der Waals surface area contributed by atoms with Gasteiger partial charge in [-0.2, -0.15) is 0 Å². The number of anilines is 1. The summed E-state index contributed by atoms with van der Waals surface area (Å²) in [6, 6.07) is 9.35. The summed E-state index contributed by atoms with van der Waals surface area (Å²) in [5.74, 6) is 1.88. The molecule has 1 aromatic carbocycles. The van der Waals surface area contributed by atoms with Crippen LogP contribution in [0.1, 0.15) is 31.7 Å². The van der Waals surface area contributed by atoms with Crippen LogP contribution in [0.4, 0.5) is 5.82 Å². The predicted octanol–water partition coefficient (Wildman–Crippen LogP) is 5.21. The largest absolute Gasteiger partial charge is 0.466 e. The van der Waals surface area contributed by atoms with Crippen molar-refractivity contribution in [2.75, 3.05) is 50.8 Å². The van der Waals surface area contributed by atoms with E-state index in [-0.39, 0.29) is 5.97 Å². The molecule has 5 rings (SSSR count). The maximum absolute atomic E-state index is 11.9. The molecule has 2 aliphatic rings. The number of aromatic nitrogens is 3. The number of carbonyl (C=O) groups excluding carboxylic acids is 1. The summed E-state index contributed by atoms with van der Waals surface area (Å²) in [7, 11) is 0. The van der Waals surface area contributed by atoms with Crippen molar-refractivity contribution < 1.29 is 14.3 Å². The van der Waals surface area contributed by atoms with Crippen molar-refractivity contribution in [3.05, 3.63) is 58.3 Å². The Balaban J connectivity index is 1.32. The van der Waals surface area contributed by atoms with Crippen LogP contribution < -0.4 is 15.0 Å². The summed E-state index contributed by atoms with van der Waals surface area (Å²) in [5, 5.41) is 4.42. The third-order valence-corrected chi connectivity index (χ3v) is 7.60. The number of pyridine rings is 1. The minimum atomic E-state index is -0.106. The molecule has 4 heterocycles. The zero-order valence-electron chi connectivity index (χ0n) is 22.6. The summed E-state index contributed by atoms with van der Waals surface area (Å²) in [6.45, 7) is 8.43. The molecule has 0 spiro atoms. The van der Waals surface area contributed by atoms with E-state index >= 15 is 0 Å². The van der Waals surface area contributed by atoms with E-state index in [0.717, 1.165) is 75.6 Å². The molecule has 0 saturated carbocycles. The van der Waals surface area contributed by atoms with Crippen molar-refractivity contribution in [3.8, 4) is 23.0 Å². The second-order valence-corrected chi connectivity index (χ2v) is 11.0.